The molecule has 28 heavy (non-hydrogen) atoms. The summed E-state index contributed by atoms with van der Waals surface area (Å²) in [5.41, 5.74) is 0.619. The van der Waals surface area contributed by atoms with Crippen molar-refractivity contribution in [1.82, 2.24) is 15.5 Å². The molecule has 0 saturated carbocycles. The van der Waals surface area contributed by atoms with Crippen molar-refractivity contribution < 1.29 is 33.5 Å². The molecule has 0 spiro atoms. The Morgan fingerprint density at radius 2 is 1.96 bits per heavy atom. The molecular weight excluding hydrogens is 370 g/mol. The van der Waals surface area contributed by atoms with Gasteiger partial charge in [-0.05, 0) is 18.1 Å². The first-order valence-electron chi connectivity index (χ1n) is 8.53. The van der Waals surface area contributed by atoms with E-state index in [0.717, 1.165) is 4.90 Å². The summed E-state index contributed by atoms with van der Waals surface area (Å²) in [6.45, 7) is 0.649. The molecule has 0 radical (unpaired) electrons. The molecule has 0 aliphatic carbocycles. The van der Waals surface area contributed by atoms with Crippen molar-refractivity contribution in [1.29, 1.82) is 0 Å². The quantitative estimate of drug-likeness (QED) is 0.501. The van der Waals surface area contributed by atoms with Crippen LogP contribution in [0.25, 0.3) is 0 Å². The number of benzene rings is 1. The number of carbonyl (C=O) groups excluding carboxylic acids is 6. The van der Waals surface area contributed by atoms with Crippen molar-refractivity contribution in [2.75, 3.05) is 6.61 Å². The van der Waals surface area contributed by atoms with E-state index in [2.05, 4.69) is 15.4 Å². The molecule has 5 amide bonds. The van der Waals surface area contributed by atoms with Crippen molar-refractivity contribution in [3.05, 3.63) is 34.9 Å². The topological polar surface area (TPSA) is 139 Å². The third-order valence-corrected chi connectivity index (χ3v) is 4.44. The van der Waals surface area contributed by atoms with E-state index in [9.17, 15) is 28.8 Å². The molecule has 2 aliphatic rings. The summed E-state index contributed by atoms with van der Waals surface area (Å²) in [6, 6.07) is 3.54. The molecule has 1 fully saturated rings. The molecule has 3 rings (SSSR count). The van der Waals surface area contributed by atoms with Crippen molar-refractivity contribution in [3.63, 3.8) is 0 Å². The van der Waals surface area contributed by atoms with Gasteiger partial charge in [-0.15, -0.1) is 0 Å². The van der Waals surface area contributed by atoms with Crippen LogP contribution in [0, 0.1) is 0 Å². The molecule has 1 aromatic rings. The summed E-state index contributed by atoms with van der Waals surface area (Å²) < 4.78 is 4.59. The fourth-order valence-corrected chi connectivity index (χ4v) is 3.14. The molecule has 10 nitrogen and oxygen atoms in total. The maximum atomic E-state index is 12.9. The number of esters is 1. The molecule has 1 saturated heterocycles. The number of hydrogen-bond acceptors (Lipinski definition) is 7. The van der Waals surface area contributed by atoms with Crippen LogP contribution < -0.4 is 10.6 Å². The molecule has 2 aliphatic heterocycles. The van der Waals surface area contributed by atoms with E-state index in [1.54, 1.807) is 12.1 Å². The highest BCUT2D eigenvalue weighted by Gasteiger charge is 2.45. The molecule has 146 valence electrons. The van der Waals surface area contributed by atoms with Gasteiger partial charge in [0.25, 0.3) is 17.7 Å². The number of nitrogens with zero attached hydrogens (tertiary/aromatic N) is 1. The standard InChI is InChI=1S/C18H17N3O7/c1-9(22)28-8-14(24)19-7-10-3-2-4-11-15(10)18(27)21(17(11)26)12-5-6-13(23)20-16(12)25/h2-4,12H,5-8H2,1H3,(H,19,24)(H,20,23,25). The Morgan fingerprint density at radius 3 is 2.64 bits per heavy atom. The van der Waals surface area contributed by atoms with Crippen molar-refractivity contribution in [3.8, 4) is 0 Å². The number of fused-ring (bicyclic) bond motifs is 1. The predicted molar refractivity (Wildman–Crippen MR) is 91.6 cm³/mol. The van der Waals surface area contributed by atoms with E-state index >= 15 is 0 Å². The minimum Gasteiger partial charge on any atom is -0.456 e. The molecule has 2 N–H and O–H groups in total. The lowest BCUT2D eigenvalue weighted by Crippen LogP contribution is -2.54. The molecule has 10 heteroatoms. The molecule has 0 bridgehead atoms. The van der Waals surface area contributed by atoms with Gasteiger partial charge in [0.05, 0.1) is 11.1 Å². The van der Waals surface area contributed by atoms with Crippen LogP contribution in [0.4, 0.5) is 0 Å². The zero-order valence-corrected chi connectivity index (χ0v) is 14.9. The van der Waals surface area contributed by atoms with Crippen LogP contribution in [0.2, 0.25) is 0 Å². The normalized spacial score (nSPS) is 18.6. The Balaban J connectivity index is 1.78. The highest BCUT2D eigenvalue weighted by Crippen LogP contribution is 2.29. The number of hydrogen-bond donors (Lipinski definition) is 2. The van der Waals surface area contributed by atoms with Gasteiger partial charge >= 0.3 is 5.97 Å². The zero-order chi connectivity index (χ0) is 20.4. The van der Waals surface area contributed by atoms with E-state index in [-0.39, 0.29) is 30.5 Å². The third-order valence-electron chi connectivity index (χ3n) is 4.44. The van der Waals surface area contributed by atoms with E-state index in [0.29, 0.717) is 5.56 Å². The zero-order valence-electron chi connectivity index (χ0n) is 14.9. The first kappa shape index (κ1) is 19.2. The summed E-state index contributed by atoms with van der Waals surface area (Å²) in [4.78, 5) is 72.3. The number of piperidine rings is 1. The van der Waals surface area contributed by atoms with E-state index < -0.39 is 48.2 Å². The van der Waals surface area contributed by atoms with Crippen LogP contribution in [0.1, 0.15) is 46.0 Å². The van der Waals surface area contributed by atoms with Crippen LogP contribution >= 0.6 is 0 Å². The van der Waals surface area contributed by atoms with Gasteiger partial charge in [0.2, 0.25) is 11.8 Å². The molecule has 1 unspecified atom stereocenters. The molecule has 1 atom stereocenters. The second kappa shape index (κ2) is 7.59. The average molecular weight is 387 g/mol. The Kier molecular flexibility index (Phi) is 5.21. The van der Waals surface area contributed by atoms with E-state index in [1.807, 2.05) is 0 Å². The van der Waals surface area contributed by atoms with E-state index in [4.69, 9.17) is 0 Å². The third kappa shape index (κ3) is 3.61. The van der Waals surface area contributed by atoms with Crippen LogP contribution in [0.15, 0.2) is 18.2 Å². The minimum absolute atomic E-state index is 0.0306. The lowest BCUT2D eigenvalue weighted by atomic mass is 10.0. The number of carbonyl (C=O) groups is 6. The Morgan fingerprint density at radius 1 is 1.21 bits per heavy atom. The largest absolute Gasteiger partial charge is 0.456 e. The fraction of sp³-hybridized carbons (Fsp3) is 0.333. The number of amides is 5. The average Bonchev–Trinajstić information content (AvgIpc) is 2.90. The van der Waals surface area contributed by atoms with Crippen molar-refractivity contribution in [2.45, 2.75) is 32.4 Å². The summed E-state index contributed by atoms with van der Waals surface area (Å²) in [5.74, 6) is -3.58. The van der Waals surface area contributed by atoms with Gasteiger partial charge in [-0.2, -0.15) is 0 Å². The highest BCUT2D eigenvalue weighted by atomic mass is 16.5. The summed E-state index contributed by atoms with van der Waals surface area (Å²) >= 11 is 0. The van der Waals surface area contributed by atoms with Gasteiger partial charge < -0.3 is 10.1 Å². The smallest absolute Gasteiger partial charge is 0.303 e. The maximum Gasteiger partial charge on any atom is 0.303 e. The lowest BCUT2D eigenvalue weighted by Gasteiger charge is -2.27. The summed E-state index contributed by atoms with van der Waals surface area (Å²) in [6.07, 6.45) is 0.0907. The SMILES string of the molecule is CC(=O)OCC(=O)NCc1cccc2c1C(=O)N(C1CCC(=O)NC1=O)C2=O. The number of ether oxygens (including phenoxy) is 1. The van der Waals surface area contributed by atoms with Crippen molar-refractivity contribution >= 4 is 35.5 Å². The van der Waals surface area contributed by atoms with Gasteiger partial charge in [-0.1, -0.05) is 12.1 Å². The first-order valence-corrected chi connectivity index (χ1v) is 8.53. The molecule has 2 heterocycles. The first-order chi connectivity index (χ1) is 13.3. The Hall–Kier alpha value is -3.56. The predicted octanol–water partition coefficient (Wildman–Crippen LogP) is -0.733. The van der Waals surface area contributed by atoms with Crippen LogP contribution in [-0.2, 0) is 30.5 Å². The van der Waals surface area contributed by atoms with Gasteiger partial charge in [-0.3, -0.25) is 39.0 Å². The molecule has 0 aromatic heterocycles. The van der Waals surface area contributed by atoms with Crippen LogP contribution in [-0.4, -0.2) is 53.1 Å². The Labute approximate surface area is 159 Å². The number of imide groups is 2. The molecular formula is C18H17N3O7. The number of rotatable bonds is 5. The Bertz CT molecular complexity index is 908. The monoisotopic (exact) mass is 387 g/mol. The fourth-order valence-electron chi connectivity index (χ4n) is 3.14. The summed E-state index contributed by atoms with van der Waals surface area (Å²) in [7, 11) is 0. The summed E-state index contributed by atoms with van der Waals surface area (Å²) in [5, 5.41) is 4.64. The van der Waals surface area contributed by atoms with E-state index in [1.165, 1.54) is 13.0 Å². The second-order valence-corrected chi connectivity index (χ2v) is 6.34. The number of nitrogens with one attached hydrogen (secondary N) is 2. The maximum absolute atomic E-state index is 12.9. The van der Waals surface area contributed by atoms with Gasteiger partial charge in [0, 0.05) is 19.9 Å². The van der Waals surface area contributed by atoms with Gasteiger partial charge in [-0.25, -0.2) is 0 Å². The van der Waals surface area contributed by atoms with Crippen LogP contribution in [0.5, 0.6) is 0 Å². The minimum atomic E-state index is -1.06. The highest BCUT2D eigenvalue weighted by molar-refractivity contribution is 6.24. The lowest BCUT2D eigenvalue weighted by molar-refractivity contribution is -0.146. The molecule has 1 aromatic carbocycles. The van der Waals surface area contributed by atoms with Gasteiger partial charge in [0.15, 0.2) is 6.61 Å². The van der Waals surface area contributed by atoms with Crippen molar-refractivity contribution in [2.24, 2.45) is 0 Å². The second-order valence-electron chi connectivity index (χ2n) is 6.34. The van der Waals surface area contributed by atoms with Crippen LogP contribution in [0.3, 0.4) is 0 Å². The van der Waals surface area contributed by atoms with Gasteiger partial charge in [0.1, 0.15) is 6.04 Å².